The molecule has 10 rings (SSSR count). The highest BCUT2D eigenvalue weighted by molar-refractivity contribution is 7.30. The molecular weight excluding hydrogens is 587 g/mol. The van der Waals surface area contributed by atoms with E-state index in [0.717, 1.165) is 15.9 Å². The minimum absolute atomic E-state index is 1.01. The van der Waals surface area contributed by atoms with Crippen LogP contribution in [0.15, 0.2) is 140 Å². The molecule has 0 N–H and O–H groups in total. The van der Waals surface area contributed by atoms with Gasteiger partial charge in [-0.25, -0.2) is 9.97 Å². The molecule has 45 heavy (non-hydrogen) atoms. The number of nitrogens with zero attached hydrogens (tertiary/aromatic N) is 3. The molecule has 0 saturated heterocycles. The topological polar surface area (TPSA) is 30.7 Å². The van der Waals surface area contributed by atoms with Crippen LogP contribution in [0.2, 0.25) is 0 Å². The van der Waals surface area contributed by atoms with Crippen molar-refractivity contribution in [3.05, 3.63) is 140 Å². The zero-order valence-electron chi connectivity index (χ0n) is 23.9. The average molecular weight is 610 g/mol. The summed E-state index contributed by atoms with van der Waals surface area (Å²) in [7, 11) is 0. The van der Waals surface area contributed by atoms with Crippen LogP contribution in [-0.2, 0) is 0 Å². The number of fused-ring (bicyclic) bond motifs is 12. The van der Waals surface area contributed by atoms with Gasteiger partial charge in [-0.05, 0) is 52.6 Å². The smallest absolute Gasteiger partial charge is 0.116 e. The van der Waals surface area contributed by atoms with Gasteiger partial charge >= 0.3 is 0 Å². The number of hydrogen-bond donors (Lipinski definition) is 0. The first-order chi connectivity index (χ1) is 22.3. The first kappa shape index (κ1) is 25.0. The first-order valence-corrected chi connectivity index (χ1v) is 16.6. The van der Waals surface area contributed by atoms with Crippen LogP contribution in [0.4, 0.5) is 0 Å². The number of hydrogen-bond acceptors (Lipinski definition) is 4. The van der Waals surface area contributed by atoms with Gasteiger partial charge in [-0.15, -0.1) is 22.7 Å². The molecule has 0 bridgehead atoms. The molecule has 0 aliphatic carbocycles. The maximum Gasteiger partial charge on any atom is 0.116 e. The minimum Gasteiger partial charge on any atom is -0.308 e. The van der Waals surface area contributed by atoms with Crippen molar-refractivity contribution in [3.8, 4) is 27.9 Å². The van der Waals surface area contributed by atoms with Gasteiger partial charge in [0, 0.05) is 52.9 Å². The van der Waals surface area contributed by atoms with Crippen molar-refractivity contribution in [2.45, 2.75) is 0 Å². The van der Waals surface area contributed by atoms with Gasteiger partial charge in [-0.1, -0.05) is 97.1 Å². The lowest BCUT2D eigenvalue weighted by molar-refractivity contribution is 1.19. The third-order valence-electron chi connectivity index (χ3n) is 8.91. The van der Waals surface area contributed by atoms with E-state index in [9.17, 15) is 0 Å². The molecule has 4 aromatic heterocycles. The Kier molecular flexibility index (Phi) is 5.32. The number of rotatable bonds is 3. The summed E-state index contributed by atoms with van der Waals surface area (Å²) in [4.78, 5) is 9.34. The second-order valence-corrected chi connectivity index (χ2v) is 13.5. The van der Waals surface area contributed by atoms with E-state index in [2.05, 4.69) is 137 Å². The van der Waals surface area contributed by atoms with Crippen molar-refractivity contribution < 1.29 is 0 Å². The highest BCUT2D eigenvalue weighted by Gasteiger charge is 2.25. The normalized spacial score (nSPS) is 12.0. The van der Waals surface area contributed by atoms with Gasteiger partial charge in [0.25, 0.3) is 0 Å². The van der Waals surface area contributed by atoms with Crippen molar-refractivity contribution in [1.29, 1.82) is 0 Å². The molecular formula is C40H23N3S2. The Morgan fingerprint density at radius 1 is 0.511 bits per heavy atom. The zero-order valence-corrected chi connectivity index (χ0v) is 25.6. The monoisotopic (exact) mass is 609 g/mol. The molecule has 0 unspecified atom stereocenters. The third kappa shape index (κ3) is 3.62. The molecule has 3 nitrogen and oxygen atoms in total. The minimum atomic E-state index is 1.01. The molecule has 6 aromatic carbocycles. The molecule has 0 amide bonds. The van der Waals surface area contributed by atoms with E-state index in [1.54, 1.807) is 6.33 Å². The van der Waals surface area contributed by atoms with Gasteiger partial charge < -0.3 is 4.57 Å². The highest BCUT2D eigenvalue weighted by atomic mass is 32.1. The molecule has 0 aliphatic rings. The number of para-hydroxylation sites is 1. The maximum absolute atomic E-state index is 4.92. The Morgan fingerprint density at radius 2 is 1.13 bits per heavy atom. The van der Waals surface area contributed by atoms with Crippen LogP contribution in [0, 0.1) is 0 Å². The summed E-state index contributed by atoms with van der Waals surface area (Å²) < 4.78 is 7.51. The largest absolute Gasteiger partial charge is 0.308 e. The first-order valence-electron chi connectivity index (χ1n) is 15.0. The lowest BCUT2D eigenvalue weighted by atomic mass is 9.98. The standard InChI is InChI=1S/C40H23N3S2/c1-3-11-24(12-4-1)26-19-27(25-13-5-2-6-14-25)21-28(20-26)43-31-17-9-7-15-29(31)34-38(43)36-37-33(22-41-23-42-37)45-40(36)35-30-16-8-10-18-32(30)44-39(34)35/h1-23H. The molecule has 0 saturated carbocycles. The predicted molar refractivity (Wildman–Crippen MR) is 193 cm³/mol. The molecule has 10 aromatic rings. The molecule has 210 valence electrons. The Labute approximate surface area is 266 Å². The van der Waals surface area contributed by atoms with Gasteiger partial charge in [0.2, 0.25) is 0 Å². The SMILES string of the molecule is c1ccc(-c2cc(-c3ccccc3)cc(-n3c4ccccc4c4c5sc6ccccc6c5c5sc6cncnc6c5c43)c2)cc1. The summed E-state index contributed by atoms with van der Waals surface area (Å²) in [6.45, 7) is 0. The quantitative estimate of drug-likeness (QED) is 0.199. The van der Waals surface area contributed by atoms with Crippen molar-refractivity contribution in [2.24, 2.45) is 0 Å². The molecule has 5 heteroatoms. The van der Waals surface area contributed by atoms with Crippen LogP contribution in [0.5, 0.6) is 0 Å². The van der Waals surface area contributed by atoms with Gasteiger partial charge in [-0.3, -0.25) is 0 Å². The fraction of sp³-hybridized carbons (Fsp3) is 0. The maximum atomic E-state index is 4.92. The number of thiophene rings is 2. The van der Waals surface area contributed by atoms with E-state index in [0.29, 0.717) is 0 Å². The van der Waals surface area contributed by atoms with Gasteiger partial charge in [0.05, 0.1) is 21.3 Å². The number of benzene rings is 6. The third-order valence-corrected chi connectivity index (χ3v) is 11.2. The Balaban J connectivity index is 1.45. The van der Waals surface area contributed by atoms with Crippen molar-refractivity contribution in [1.82, 2.24) is 14.5 Å². The van der Waals surface area contributed by atoms with Crippen molar-refractivity contribution in [2.75, 3.05) is 0 Å². The summed E-state index contributed by atoms with van der Waals surface area (Å²) in [5, 5.41) is 6.38. The summed E-state index contributed by atoms with van der Waals surface area (Å²) in [6.07, 6.45) is 3.66. The lowest BCUT2D eigenvalue weighted by Crippen LogP contribution is -1.96. The summed E-state index contributed by atoms with van der Waals surface area (Å²) in [6, 6.07) is 46.1. The van der Waals surface area contributed by atoms with Crippen LogP contribution in [0.1, 0.15) is 0 Å². The average Bonchev–Trinajstić information content (AvgIpc) is 3.78. The molecule has 0 fully saturated rings. The van der Waals surface area contributed by atoms with Crippen molar-refractivity contribution >= 4 is 85.0 Å². The van der Waals surface area contributed by atoms with Crippen LogP contribution in [0.3, 0.4) is 0 Å². The predicted octanol–water partition coefficient (Wildman–Crippen LogP) is 11.6. The van der Waals surface area contributed by atoms with E-state index in [1.807, 2.05) is 28.9 Å². The van der Waals surface area contributed by atoms with E-state index in [-0.39, 0.29) is 0 Å². The zero-order chi connectivity index (χ0) is 29.5. The Bertz CT molecular complexity index is 2670. The van der Waals surface area contributed by atoms with E-state index in [1.165, 1.54) is 74.3 Å². The second kappa shape index (κ2) is 9.57. The molecule has 0 aliphatic heterocycles. The van der Waals surface area contributed by atoms with Gasteiger partial charge in [0.15, 0.2) is 0 Å². The van der Waals surface area contributed by atoms with Crippen LogP contribution in [0.25, 0.3) is 90.2 Å². The number of aromatic nitrogens is 3. The summed E-state index contributed by atoms with van der Waals surface area (Å²) in [5.41, 5.74) is 9.32. The molecule has 0 radical (unpaired) electrons. The highest BCUT2D eigenvalue weighted by Crippen LogP contribution is 2.51. The molecule has 0 spiro atoms. The molecule has 0 atom stereocenters. The molecule has 4 heterocycles. The van der Waals surface area contributed by atoms with Gasteiger partial charge in [-0.2, -0.15) is 0 Å². The van der Waals surface area contributed by atoms with Crippen LogP contribution in [-0.4, -0.2) is 14.5 Å². The summed E-state index contributed by atoms with van der Waals surface area (Å²) >= 11 is 3.70. The second-order valence-electron chi connectivity index (χ2n) is 11.4. The Morgan fingerprint density at radius 3 is 1.89 bits per heavy atom. The van der Waals surface area contributed by atoms with E-state index in [4.69, 9.17) is 4.98 Å². The van der Waals surface area contributed by atoms with E-state index < -0.39 is 0 Å². The van der Waals surface area contributed by atoms with Crippen molar-refractivity contribution in [3.63, 3.8) is 0 Å². The van der Waals surface area contributed by atoms with Crippen LogP contribution >= 0.6 is 22.7 Å². The fourth-order valence-electron chi connectivity index (χ4n) is 7.00. The van der Waals surface area contributed by atoms with Crippen LogP contribution < -0.4 is 0 Å². The van der Waals surface area contributed by atoms with Gasteiger partial charge in [0.1, 0.15) is 6.33 Å². The fourth-order valence-corrected chi connectivity index (χ4v) is 9.53. The summed E-state index contributed by atoms with van der Waals surface area (Å²) in [5.74, 6) is 0. The lowest BCUT2D eigenvalue weighted by Gasteiger charge is -2.14. The Hall–Kier alpha value is -5.36. The van der Waals surface area contributed by atoms with E-state index >= 15 is 0 Å².